The van der Waals surface area contributed by atoms with E-state index in [9.17, 15) is 4.79 Å². The Morgan fingerprint density at radius 3 is 2.10 bits per heavy atom. The number of fused-ring (bicyclic) bond motifs is 2. The standard InChI is InChI=1S/C15H19NO2.C9H8O.C2H6/c1-4-16(3)15(17)11(2)9-12-5-6-14-13(10-12)7-8-18-14;1-7-2-3-9-8(6-7)4-5-10-9;1-2/h5-8,10-11H,4,9H2,1-3H3;2-6H,1H3;1-2H3/t11-;;/m1../s1. The lowest BCUT2D eigenvalue weighted by Crippen LogP contribution is -2.32. The number of rotatable bonds is 4. The highest BCUT2D eigenvalue weighted by atomic mass is 16.3. The van der Waals surface area contributed by atoms with Gasteiger partial charge in [0.1, 0.15) is 11.2 Å². The maximum atomic E-state index is 12.0. The van der Waals surface area contributed by atoms with E-state index >= 15 is 0 Å². The number of carbonyl (C=O) groups excluding carboxylic acids is 1. The van der Waals surface area contributed by atoms with Crippen molar-refractivity contribution in [3.8, 4) is 0 Å². The average Bonchev–Trinajstić information content (AvgIpc) is 3.42. The Labute approximate surface area is 179 Å². The molecule has 0 unspecified atom stereocenters. The molecule has 4 nitrogen and oxygen atoms in total. The van der Waals surface area contributed by atoms with Crippen LogP contribution in [0.2, 0.25) is 0 Å². The Kier molecular flexibility index (Phi) is 8.72. The molecule has 2 aromatic heterocycles. The van der Waals surface area contributed by atoms with Gasteiger partial charge in [-0.15, -0.1) is 0 Å². The fraction of sp³-hybridized carbons (Fsp3) is 0.346. The number of hydrogen-bond donors (Lipinski definition) is 0. The molecular weight excluding hydrogens is 374 g/mol. The molecule has 0 fully saturated rings. The molecule has 1 amide bonds. The Bertz CT molecular complexity index is 1060. The molecule has 0 aliphatic rings. The first-order chi connectivity index (χ1) is 14.5. The molecule has 0 bridgehead atoms. The smallest absolute Gasteiger partial charge is 0.225 e. The molecule has 0 aliphatic heterocycles. The zero-order chi connectivity index (χ0) is 22.1. The van der Waals surface area contributed by atoms with E-state index in [0.717, 1.165) is 29.5 Å². The summed E-state index contributed by atoms with van der Waals surface area (Å²) in [6.07, 6.45) is 4.17. The van der Waals surface area contributed by atoms with E-state index in [1.807, 2.05) is 71.1 Å². The third-order valence-corrected chi connectivity index (χ3v) is 4.94. The van der Waals surface area contributed by atoms with Gasteiger partial charge in [0.15, 0.2) is 0 Å². The lowest BCUT2D eigenvalue weighted by molar-refractivity contribution is -0.133. The van der Waals surface area contributed by atoms with Crippen LogP contribution < -0.4 is 0 Å². The SMILES string of the molecule is CC.CCN(C)C(=O)[C@H](C)Cc1ccc2occc2c1.Cc1ccc2occc2c1. The van der Waals surface area contributed by atoms with Crippen molar-refractivity contribution in [3.63, 3.8) is 0 Å². The summed E-state index contributed by atoms with van der Waals surface area (Å²) in [6, 6.07) is 16.2. The van der Waals surface area contributed by atoms with Crippen LogP contribution in [0.5, 0.6) is 0 Å². The molecule has 1 atom stereocenters. The Morgan fingerprint density at radius 1 is 0.933 bits per heavy atom. The van der Waals surface area contributed by atoms with Gasteiger partial charge in [-0.2, -0.15) is 0 Å². The number of carbonyl (C=O) groups is 1. The van der Waals surface area contributed by atoms with Gasteiger partial charge < -0.3 is 13.7 Å². The van der Waals surface area contributed by atoms with Gasteiger partial charge >= 0.3 is 0 Å². The van der Waals surface area contributed by atoms with Crippen molar-refractivity contribution in [1.29, 1.82) is 0 Å². The van der Waals surface area contributed by atoms with Crippen LogP contribution in [0.25, 0.3) is 21.9 Å². The van der Waals surface area contributed by atoms with Crippen LogP contribution in [-0.4, -0.2) is 24.4 Å². The lowest BCUT2D eigenvalue weighted by atomic mass is 9.99. The minimum atomic E-state index is 0.0132. The molecule has 2 heterocycles. The van der Waals surface area contributed by atoms with Gasteiger partial charge in [0.05, 0.1) is 12.5 Å². The highest BCUT2D eigenvalue weighted by Crippen LogP contribution is 2.19. The van der Waals surface area contributed by atoms with Gasteiger partial charge in [0.25, 0.3) is 0 Å². The summed E-state index contributed by atoms with van der Waals surface area (Å²) in [6.45, 7) is 10.8. The fourth-order valence-electron chi connectivity index (χ4n) is 3.20. The number of aryl methyl sites for hydroxylation is 1. The largest absolute Gasteiger partial charge is 0.464 e. The molecule has 0 radical (unpaired) electrons. The summed E-state index contributed by atoms with van der Waals surface area (Å²) in [7, 11) is 1.85. The van der Waals surface area contributed by atoms with Crippen LogP contribution in [0.15, 0.2) is 69.9 Å². The summed E-state index contributed by atoms with van der Waals surface area (Å²) in [5.74, 6) is 0.212. The van der Waals surface area contributed by atoms with Gasteiger partial charge in [0.2, 0.25) is 5.91 Å². The second-order valence-electron chi connectivity index (χ2n) is 7.21. The molecule has 4 rings (SSSR count). The van der Waals surface area contributed by atoms with Crippen LogP contribution in [0, 0.1) is 12.8 Å². The highest BCUT2D eigenvalue weighted by molar-refractivity contribution is 5.80. The van der Waals surface area contributed by atoms with Gasteiger partial charge in [-0.1, -0.05) is 38.5 Å². The first kappa shape index (κ1) is 23.3. The molecule has 0 N–H and O–H groups in total. The Morgan fingerprint density at radius 2 is 1.50 bits per heavy atom. The minimum Gasteiger partial charge on any atom is -0.464 e. The van der Waals surface area contributed by atoms with Crippen LogP contribution in [-0.2, 0) is 11.2 Å². The fourth-order valence-corrected chi connectivity index (χ4v) is 3.20. The third kappa shape index (κ3) is 5.99. The van der Waals surface area contributed by atoms with Crippen molar-refractivity contribution in [1.82, 2.24) is 4.90 Å². The van der Waals surface area contributed by atoms with Crippen molar-refractivity contribution < 1.29 is 13.6 Å². The lowest BCUT2D eigenvalue weighted by Gasteiger charge is -2.19. The van der Waals surface area contributed by atoms with E-state index < -0.39 is 0 Å². The molecule has 0 spiro atoms. The van der Waals surface area contributed by atoms with E-state index in [1.54, 1.807) is 17.4 Å². The van der Waals surface area contributed by atoms with Crippen LogP contribution >= 0.6 is 0 Å². The van der Waals surface area contributed by atoms with Crippen LogP contribution in [0.4, 0.5) is 0 Å². The topological polar surface area (TPSA) is 46.6 Å². The van der Waals surface area contributed by atoms with Gasteiger partial charge in [-0.3, -0.25) is 4.79 Å². The van der Waals surface area contributed by atoms with Crippen molar-refractivity contribution >= 4 is 27.8 Å². The van der Waals surface area contributed by atoms with E-state index in [1.165, 1.54) is 16.5 Å². The normalized spacial score (nSPS) is 11.3. The first-order valence-corrected chi connectivity index (χ1v) is 10.6. The second kappa shape index (κ2) is 11.2. The van der Waals surface area contributed by atoms with E-state index in [4.69, 9.17) is 8.83 Å². The Balaban J connectivity index is 0.000000224. The number of nitrogens with zero attached hydrogens (tertiary/aromatic N) is 1. The molecule has 0 aliphatic carbocycles. The molecule has 4 aromatic rings. The van der Waals surface area contributed by atoms with E-state index in [2.05, 4.69) is 19.1 Å². The minimum absolute atomic E-state index is 0.0132. The number of furan rings is 2. The van der Waals surface area contributed by atoms with Gasteiger partial charge in [-0.25, -0.2) is 0 Å². The predicted octanol–water partition coefficient (Wildman–Crippen LogP) is 6.86. The summed E-state index contributed by atoms with van der Waals surface area (Å²) >= 11 is 0. The number of amides is 1. The van der Waals surface area contributed by atoms with Crippen LogP contribution in [0.1, 0.15) is 38.8 Å². The molecule has 160 valence electrons. The summed E-state index contributed by atoms with van der Waals surface area (Å²) in [5, 5.41) is 2.27. The van der Waals surface area contributed by atoms with Crippen molar-refractivity contribution in [3.05, 3.63) is 72.2 Å². The highest BCUT2D eigenvalue weighted by Gasteiger charge is 2.16. The van der Waals surface area contributed by atoms with Gasteiger partial charge in [-0.05, 0) is 62.2 Å². The molecular formula is C26H33NO3. The predicted molar refractivity (Wildman–Crippen MR) is 125 cm³/mol. The molecule has 0 saturated carbocycles. The van der Waals surface area contributed by atoms with Crippen molar-refractivity contribution in [2.24, 2.45) is 5.92 Å². The average molecular weight is 408 g/mol. The molecule has 0 saturated heterocycles. The summed E-state index contributed by atoms with van der Waals surface area (Å²) < 4.78 is 10.5. The molecule has 30 heavy (non-hydrogen) atoms. The zero-order valence-electron chi connectivity index (χ0n) is 18.9. The maximum absolute atomic E-state index is 12.0. The molecule has 4 heteroatoms. The van der Waals surface area contributed by atoms with Crippen molar-refractivity contribution in [2.75, 3.05) is 13.6 Å². The van der Waals surface area contributed by atoms with Crippen LogP contribution in [0.3, 0.4) is 0 Å². The Hall–Kier alpha value is -3.01. The first-order valence-electron chi connectivity index (χ1n) is 10.6. The number of benzene rings is 2. The summed E-state index contributed by atoms with van der Waals surface area (Å²) in [5.41, 5.74) is 4.30. The second-order valence-corrected chi connectivity index (χ2v) is 7.21. The monoisotopic (exact) mass is 407 g/mol. The van der Waals surface area contributed by atoms with E-state index in [0.29, 0.717) is 0 Å². The maximum Gasteiger partial charge on any atom is 0.225 e. The summed E-state index contributed by atoms with van der Waals surface area (Å²) in [4.78, 5) is 13.8. The van der Waals surface area contributed by atoms with E-state index in [-0.39, 0.29) is 11.8 Å². The van der Waals surface area contributed by atoms with Crippen molar-refractivity contribution in [2.45, 2.75) is 41.0 Å². The quantitative estimate of drug-likeness (QED) is 0.371. The molecule has 2 aromatic carbocycles. The number of hydrogen-bond acceptors (Lipinski definition) is 3. The zero-order valence-corrected chi connectivity index (χ0v) is 18.9. The third-order valence-electron chi connectivity index (χ3n) is 4.94. The van der Waals surface area contributed by atoms with Gasteiger partial charge in [0, 0.05) is 30.3 Å².